The molecule has 2 amide bonds. The largest absolute Gasteiger partial charge is 0.477 e. The standard InChI is InChI=1S/C37H62N2O28/c1-9-19(48)23(52)24(53)34(59-9)64-29-18(39-11(3)45)33(65-30-21(50)14(6-41)60-32(56)25(30)54)62-16(8-43)27(29)63-35-26(55)31(22(51)15(7-42)61-35)67-37(36(57)58)4-12(46)17(38-10(2)44)28(66-37)20(49)13(47)5-40/h9,12-35,40-43,46-56H,4-8H2,1-3H3,(H,38,44)(H,39,45)(H,57,58)/t9-,12-,13+,14+,15+,16+,17+,18+,19+,20+,21-,22-,23+,24+,25+,26+,27+,28+,29+,30-,31-,32+,33-,34-,35-,37-/m0/s1. The number of aliphatic hydroxyl groups excluding tert-OH is 15. The van der Waals surface area contributed by atoms with Crippen LogP contribution >= 0.6 is 0 Å². The van der Waals surface area contributed by atoms with Crippen molar-refractivity contribution in [2.75, 3.05) is 26.4 Å². The van der Waals surface area contributed by atoms with Crippen LogP contribution in [0.25, 0.3) is 0 Å². The third-order valence-electron chi connectivity index (χ3n) is 12.1. The predicted octanol–water partition coefficient (Wildman–Crippen LogP) is -11.4. The highest BCUT2D eigenvalue weighted by Gasteiger charge is 2.61. The van der Waals surface area contributed by atoms with E-state index in [1.165, 1.54) is 6.92 Å². The van der Waals surface area contributed by atoms with Crippen molar-refractivity contribution in [2.24, 2.45) is 0 Å². The zero-order valence-corrected chi connectivity index (χ0v) is 36.0. The van der Waals surface area contributed by atoms with Crippen molar-refractivity contribution >= 4 is 17.8 Å². The Kier molecular flexibility index (Phi) is 19.1. The van der Waals surface area contributed by atoms with Crippen LogP contribution in [0.1, 0.15) is 27.2 Å². The van der Waals surface area contributed by atoms with Gasteiger partial charge in [-0.15, -0.1) is 0 Å². The Hall–Kier alpha value is -2.55. The number of rotatable bonds is 17. The van der Waals surface area contributed by atoms with E-state index in [2.05, 4.69) is 10.6 Å². The Morgan fingerprint density at radius 1 is 0.612 bits per heavy atom. The molecule has 30 nitrogen and oxygen atoms in total. The van der Waals surface area contributed by atoms with Gasteiger partial charge in [0.15, 0.2) is 25.2 Å². The molecule has 5 fully saturated rings. The zero-order chi connectivity index (χ0) is 50.0. The van der Waals surface area contributed by atoms with Gasteiger partial charge in [-0.1, -0.05) is 0 Å². The Morgan fingerprint density at radius 3 is 1.70 bits per heavy atom. The van der Waals surface area contributed by atoms with Crippen molar-refractivity contribution in [2.45, 2.75) is 186 Å². The number of carboxylic acids is 1. The fourth-order valence-corrected chi connectivity index (χ4v) is 8.47. The average Bonchev–Trinajstić information content (AvgIpc) is 3.28. The van der Waals surface area contributed by atoms with E-state index < -0.39 is 210 Å². The molecule has 0 saturated carbocycles. The summed E-state index contributed by atoms with van der Waals surface area (Å²) < 4.78 is 51.7. The Labute approximate surface area is 379 Å². The van der Waals surface area contributed by atoms with Crippen molar-refractivity contribution in [1.29, 1.82) is 0 Å². The molecule has 0 aromatic carbocycles. The first-order chi connectivity index (χ1) is 31.4. The topological polar surface area (TPSA) is 482 Å². The highest BCUT2D eigenvalue weighted by Crippen LogP contribution is 2.40. The third kappa shape index (κ3) is 11.8. The minimum atomic E-state index is -3.20. The summed E-state index contributed by atoms with van der Waals surface area (Å²) >= 11 is 0. The maximum atomic E-state index is 13.0. The van der Waals surface area contributed by atoms with E-state index >= 15 is 0 Å². The summed E-state index contributed by atoms with van der Waals surface area (Å²) in [6.07, 6.45) is -46.7. The number of carbonyl (C=O) groups is 3. The van der Waals surface area contributed by atoms with Crippen molar-refractivity contribution < 1.29 is 139 Å². The van der Waals surface area contributed by atoms with Gasteiger partial charge in [0.25, 0.3) is 5.79 Å². The molecule has 0 unspecified atom stereocenters. The van der Waals surface area contributed by atoms with E-state index in [1.54, 1.807) is 0 Å². The first-order valence-electron chi connectivity index (χ1n) is 21.1. The first kappa shape index (κ1) is 55.4. The van der Waals surface area contributed by atoms with E-state index in [9.17, 15) is 96.1 Å². The highest BCUT2D eigenvalue weighted by atomic mass is 16.8. The molecule has 67 heavy (non-hydrogen) atoms. The van der Waals surface area contributed by atoms with Crippen LogP contribution in [0.15, 0.2) is 0 Å². The second kappa shape index (κ2) is 23.1. The number of hydrogen-bond acceptors (Lipinski definition) is 27. The van der Waals surface area contributed by atoms with Crippen LogP contribution in [0.4, 0.5) is 0 Å². The van der Waals surface area contributed by atoms with Crippen LogP contribution in [0.2, 0.25) is 0 Å². The number of nitrogens with one attached hydrogen (secondary N) is 2. The molecule has 0 aromatic heterocycles. The maximum Gasteiger partial charge on any atom is 0.364 e. The summed E-state index contributed by atoms with van der Waals surface area (Å²) in [5, 5.41) is 175. The van der Waals surface area contributed by atoms with Crippen molar-refractivity contribution in [3.8, 4) is 0 Å². The molecule has 388 valence electrons. The molecule has 0 radical (unpaired) electrons. The summed E-state index contributed by atoms with van der Waals surface area (Å²) in [7, 11) is 0. The SMILES string of the molecule is CC(=O)N[C@H]1[C@H](O[C@@H]2[C@@H](O)[C@H](O)O[C@H](CO)[C@@H]2O)O[C@H](CO)[C@@H](O[C@@H]2O[C@H](CO)[C@H](O)[C@H](O[C@]3(C(=O)O)C[C@H](O)[C@@H](NC(C)=O)[C@H]([C@H](O)[C@H](O)CO)O3)[C@H]2O)[C@@H]1O[C@@H]1O[C@@H](C)[C@@H](O)[C@@H](O)[C@H]1O. The van der Waals surface area contributed by atoms with Gasteiger partial charge >= 0.3 is 5.97 Å². The Balaban J connectivity index is 1.55. The van der Waals surface area contributed by atoms with Gasteiger partial charge in [-0.3, -0.25) is 9.59 Å². The van der Waals surface area contributed by atoms with Crippen LogP contribution in [-0.2, 0) is 57.0 Å². The quantitative estimate of drug-likeness (QED) is 0.0643. The Bertz CT molecular complexity index is 1640. The van der Waals surface area contributed by atoms with Gasteiger partial charge < -0.3 is 135 Å². The fraction of sp³-hybridized carbons (Fsp3) is 0.919. The molecule has 0 aliphatic carbocycles. The summed E-state index contributed by atoms with van der Waals surface area (Å²) in [6, 6.07) is -3.47. The molecule has 0 aromatic rings. The van der Waals surface area contributed by atoms with Crippen LogP contribution < -0.4 is 10.6 Å². The lowest BCUT2D eigenvalue weighted by atomic mass is 9.88. The maximum absolute atomic E-state index is 13.0. The summed E-state index contributed by atoms with van der Waals surface area (Å²) in [6.45, 7) is -1.01. The van der Waals surface area contributed by atoms with Gasteiger partial charge in [-0.05, 0) is 6.92 Å². The number of aliphatic hydroxyl groups is 15. The number of aliphatic carboxylic acids is 1. The minimum absolute atomic E-state index is 0.817. The number of amides is 2. The van der Waals surface area contributed by atoms with Gasteiger partial charge in [0.2, 0.25) is 11.8 Å². The number of carboxylic acid groups (broad SMARTS) is 1. The molecule has 18 N–H and O–H groups in total. The van der Waals surface area contributed by atoms with Crippen LogP contribution in [-0.4, -0.2) is 285 Å². The lowest BCUT2D eigenvalue weighted by Gasteiger charge is -2.52. The summed E-state index contributed by atoms with van der Waals surface area (Å²) in [5.74, 6) is -6.97. The molecule has 5 aliphatic rings. The minimum Gasteiger partial charge on any atom is -0.477 e. The Morgan fingerprint density at radius 2 is 1.13 bits per heavy atom. The first-order valence-corrected chi connectivity index (χ1v) is 21.1. The van der Waals surface area contributed by atoms with E-state index in [4.69, 9.17) is 42.6 Å². The molecule has 26 atom stereocenters. The van der Waals surface area contributed by atoms with Crippen LogP contribution in [0, 0.1) is 0 Å². The molecule has 5 aliphatic heterocycles. The van der Waals surface area contributed by atoms with Crippen molar-refractivity contribution in [1.82, 2.24) is 10.6 Å². The molecule has 30 heteroatoms. The number of carbonyl (C=O) groups excluding carboxylic acids is 2. The van der Waals surface area contributed by atoms with E-state index in [0.717, 1.165) is 13.8 Å². The average molecular weight is 983 g/mol. The monoisotopic (exact) mass is 982 g/mol. The zero-order valence-electron chi connectivity index (χ0n) is 36.0. The molecule has 0 bridgehead atoms. The molecular formula is C37H62N2O28. The second-order valence-electron chi connectivity index (χ2n) is 16.8. The second-order valence-corrected chi connectivity index (χ2v) is 16.8. The molecule has 5 saturated heterocycles. The van der Waals surface area contributed by atoms with E-state index in [0.29, 0.717) is 0 Å². The fourth-order valence-electron chi connectivity index (χ4n) is 8.47. The van der Waals surface area contributed by atoms with Crippen molar-refractivity contribution in [3.63, 3.8) is 0 Å². The third-order valence-corrected chi connectivity index (χ3v) is 12.1. The summed E-state index contributed by atoms with van der Waals surface area (Å²) in [4.78, 5) is 37.9. The van der Waals surface area contributed by atoms with E-state index in [-0.39, 0.29) is 0 Å². The van der Waals surface area contributed by atoms with Crippen LogP contribution in [0.5, 0.6) is 0 Å². The van der Waals surface area contributed by atoms with Gasteiger partial charge in [0.05, 0.1) is 44.7 Å². The van der Waals surface area contributed by atoms with Gasteiger partial charge in [0, 0.05) is 20.3 Å². The van der Waals surface area contributed by atoms with Crippen LogP contribution in [0.3, 0.4) is 0 Å². The van der Waals surface area contributed by atoms with Gasteiger partial charge in [-0.25, -0.2) is 4.79 Å². The normalized spacial score (nSPS) is 47.1. The molecule has 5 rings (SSSR count). The van der Waals surface area contributed by atoms with Gasteiger partial charge in [0.1, 0.15) is 110 Å². The lowest BCUT2D eigenvalue weighted by Crippen LogP contribution is -2.72. The smallest absolute Gasteiger partial charge is 0.364 e. The predicted molar refractivity (Wildman–Crippen MR) is 206 cm³/mol. The number of hydrogen-bond donors (Lipinski definition) is 18. The molecule has 0 spiro atoms. The van der Waals surface area contributed by atoms with Crippen molar-refractivity contribution in [3.05, 3.63) is 0 Å². The lowest BCUT2D eigenvalue weighted by molar-refractivity contribution is -0.396. The highest BCUT2D eigenvalue weighted by molar-refractivity contribution is 5.76. The van der Waals surface area contributed by atoms with Gasteiger partial charge in [-0.2, -0.15) is 0 Å². The van der Waals surface area contributed by atoms with E-state index in [1.807, 2.05) is 0 Å². The molecular weight excluding hydrogens is 920 g/mol. The summed E-state index contributed by atoms with van der Waals surface area (Å²) in [5.41, 5.74) is 0. The molecule has 5 heterocycles. The number of ether oxygens (including phenoxy) is 9.